The summed E-state index contributed by atoms with van der Waals surface area (Å²) in [5.41, 5.74) is 3.80. The SMILES string of the molecule is Nc1c(C(F)F)ncc(Br)c1S(N)(=O)=O. The molecule has 0 radical (unpaired) electrons. The van der Waals surface area contributed by atoms with Gasteiger partial charge in [-0.1, -0.05) is 0 Å². The van der Waals surface area contributed by atoms with Crippen LogP contribution in [0, 0.1) is 0 Å². The highest BCUT2D eigenvalue weighted by atomic mass is 79.9. The molecule has 4 N–H and O–H groups in total. The monoisotopic (exact) mass is 301 g/mol. The van der Waals surface area contributed by atoms with Crippen LogP contribution in [0.3, 0.4) is 0 Å². The summed E-state index contributed by atoms with van der Waals surface area (Å²) in [4.78, 5) is 2.73. The molecule has 0 saturated heterocycles. The van der Waals surface area contributed by atoms with E-state index in [0.29, 0.717) is 0 Å². The number of sulfonamides is 1. The van der Waals surface area contributed by atoms with Crippen molar-refractivity contribution in [2.45, 2.75) is 11.3 Å². The Labute approximate surface area is 92.7 Å². The average molecular weight is 302 g/mol. The smallest absolute Gasteiger partial charge is 0.282 e. The molecule has 1 aromatic rings. The molecule has 0 aliphatic heterocycles. The lowest BCUT2D eigenvalue weighted by Crippen LogP contribution is -2.17. The van der Waals surface area contributed by atoms with E-state index in [4.69, 9.17) is 10.9 Å². The Morgan fingerprint density at radius 1 is 1.47 bits per heavy atom. The maximum atomic E-state index is 12.3. The minimum atomic E-state index is -4.17. The molecule has 0 spiro atoms. The number of pyridine rings is 1. The van der Waals surface area contributed by atoms with Crippen LogP contribution < -0.4 is 10.9 Å². The number of rotatable bonds is 2. The molecule has 1 aromatic heterocycles. The van der Waals surface area contributed by atoms with Crippen molar-refractivity contribution < 1.29 is 17.2 Å². The highest BCUT2D eigenvalue weighted by molar-refractivity contribution is 9.10. The fourth-order valence-corrected chi connectivity index (χ4v) is 2.69. The molecule has 1 rings (SSSR count). The first kappa shape index (κ1) is 12.3. The Morgan fingerprint density at radius 3 is 2.40 bits per heavy atom. The summed E-state index contributed by atoms with van der Waals surface area (Å²) >= 11 is 2.82. The van der Waals surface area contributed by atoms with Gasteiger partial charge in [-0.3, -0.25) is 4.98 Å². The van der Waals surface area contributed by atoms with Crippen LogP contribution in [0.5, 0.6) is 0 Å². The number of aromatic nitrogens is 1. The van der Waals surface area contributed by atoms with Gasteiger partial charge in [0.2, 0.25) is 10.0 Å². The summed E-state index contributed by atoms with van der Waals surface area (Å²) in [7, 11) is -4.17. The van der Waals surface area contributed by atoms with E-state index in [9.17, 15) is 17.2 Å². The first-order valence-electron chi connectivity index (χ1n) is 3.50. The molecule has 0 aliphatic carbocycles. The predicted octanol–water partition coefficient (Wildman–Crippen LogP) is 1.01. The van der Waals surface area contributed by atoms with Crippen LogP contribution in [0.1, 0.15) is 12.1 Å². The van der Waals surface area contributed by atoms with Gasteiger partial charge in [-0.05, 0) is 15.9 Å². The minimum absolute atomic E-state index is 0.0492. The molecule has 0 bridgehead atoms. The second-order valence-corrected chi connectivity index (χ2v) is 4.93. The Kier molecular flexibility index (Phi) is 3.26. The molecule has 5 nitrogen and oxygen atoms in total. The number of alkyl halides is 2. The van der Waals surface area contributed by atoms with E-state index >= 15 is 0 Å². The Balaban J connectivity index is 3.59. The number of primary sulfonamides is 1. The molecule has 0 fully saturated rings. The van der Waals surface area contributed by atoms with Gasteiger partial charge < -0.3 is 5.73 Å². The molecule has 0 atom stereocenters. The molecule has 0 aromatic carbocycles. The van der Waals surface area contributed by atoms with Crippen LogP contribution in [0.4, 0.5) is 14.5 Å². The number of halogens is 3. The van der Waals surface area contributed by atoms with E-state index in [1.807, 2.05) is 0 Å². The molecular weight excluding hydrogens is 296 g/mol. The summed E-state index contributed by atoms with van der Waals surface area (Å²) in [5.74, 6) is 0. The standard InChI is InChI=1S/C6H6BrF2N3O2S/c7-2-1-12-4(6(8)9)3(10)5(2)15(11,13)14/h1,6H,10H2,(H2,11,13,14). The van der Waals surface area contributed by atoms with E-state index in [2.05, 4.69) is 20.9 Å². The molecular formula is C6H6BrF2N3O2S. The zero-order valence-electron chi connectivity index (χ0n) is 7.12. The highest BCUT2D eigenvalue weighted by Gasteiger charge is 2.24. The number of nitrogens with two attached hydrogens (primary N) is 2. The zero-order valence-corrected chi connectivity index (χ0v) is 9.52. The summed E-state index contributed by atoms with van der Waals surface area (Å²) < 4.78 is 46.7. The maximum Gasteiger partial charge on any atom is 0.282 e. The van der Waals surface area contributed by atoms with E-state index in [1.54, 1.807) is 0 Å². The first-order valence-corrected chi connectivity index (χ1v) is 5.84. The first-order chi connectivity index (χ1) is 6.75. The number of anilines is 1. The van der Waals surface area contributed by atoms with E-state index < -0.39 is 32.7 Å². The third-order valence-electron chi connectivity index (χ3n) is 1.55. The van der Waals surface area contributed by atoms with E-state index in [-0.39, 0.29) is 4.47 Å². The van der Waals surface area contributed by atoms with Crippen LogP contribution in [-0.4, -0.2) is 13.4 Å². The van der Waals surface area contributed by atoms with E-state index in [1.165, 1.54) is 0 Å². The van der Waals surface area contributed by atoms with Crippen LogP contribution in [0.2, 0.25) is 0 Å². The van der Waals surface area contributed by atoms with Gasteiger partial charge in [-0.25, -0.2) is 22.3 Å². The van der Waals surface area contributed by atoms with Gasteiger partial charge in [0.05, 0.1) is 10.2 Å². The molecule has 1 heterocycles. The number of hydrogen-bond donors (Lipinski definition) is 2. The average Bonchev–Trinajstić information content (AvgIpc) is 2.00. The molecule has 0 saturated carbocycles. The normalized spacial score (nSPS) is 12.1. The number of nitrogens with zero attached hydrogens (tertiary/aromatic N) is 1. The van der Waals surface area contributed by atoms with Gasteiger partial charge in [0, 0.05) is 6.20 Å². The zero-order chi connectivity index (χ0) is 11.8. The van der Waals surface area contributed by atoms with Gasteiger partial charge in [0.15, 0.2) is 0 Å². The second kappa shape index (κ2) is 3.99. The molecule has 0 amide bonds. The van der Waals surface area contributed by atoms with Crippen LogP contribution in [0.25, 0.3) is 0 Å². The lowest BCUT2D eigenvalue weighted by Gasteiger charge is -2.09. The van der Waals surface area contributed by atoms with Crippen molar-refractivity contribution in [1.29, 1.82) is 0 Å². The predicted molar refractivity (Wildman–Crippen MR) is 52.7 cm³/mol. The van der Waals surface area contributed by atoms with Crippen LogP contribution in [-0.2, 0) is 10.0 Å². The third kappa shape index (κ3) is 2.41. The molecule has 0 unspecified atom stereocenters. The second-order valence-electron chi connectivity index (χ2n) is 2.58. The lowest BCUT2D eigenvalue weighted by molar-refractivity contribution is 0.146. The number of hydrogen-bond acceptors (Lipinski definition) is 4. The molecule has 15 heavy (non-hydrogen) atoms. The summed E-state index contributed by atoms with van der Waals surface area (Å²) in [6.07, 6.45) is -2.05. The van der Waals surface area contributed by atoms with Crippen LogP contribution >= 0.6 is 15.9 Å². The fraction of sp³-hybridized carbons (Fsp3) is 0.167. The highest BCUT2D eigenvalue weighted by Crippen LogP contribution is 2.32. The number of nitrogen functional groups attached to an aromatic ring is 1. The molecule has 84 valence electrons. The quantitative estimate of drug-likeness (QED) is 0.851. The minimum Gasteiger partial charge on any atom is -0.396 e. The Morgan fingerprint density at radius 2 is 2.00 bits per heavy atom. The largest absolute Gasteiger partial charge is 0.396 e. The van der Waals surface area contributed by atoms with Crippen molar-refractivity contribution in [1.82, 2.24) is 4.98 Å². The maximum absolute atomic E-state index is 12.3. The van der Waals surface area contributed by atoms with Gasteiger partial charge in [-0.2, -0.15) is 0 Å². The Bertz CT molecular complexity index is 491. The molecule has 0 aliphatic rings. The fourth-order valence-electron chi connectivity index (χ4n) is 0.962. The van der Waals surface area contributed by atoms with Crippen molar-refractivity contribution in [3.63, 3.8) is 0 Å². The van der Waals surface area contributed by atoms with Crippen molar-refractivity contribution in [2.75, 3.05) is 5.73 Å². The summed E-state index contributed by atoms with van der Waals surface area (Å²) in [5, 5.41) is 4.82. The van der Waals surface area contributed by atoms with Crippen molar-refractivity contribution in [3.8, 4) is 0 Å². The topological polar surface area (TPSA) is 99.1 Å². The Hall–Kier alpha value is -0.800. The van der Waals surface area contributed by atoms with Gasteiger partial charge in [-0.15, -0.1) is 0 Å². The van der Waals surface area contributed by atoms with Gasteiger partial charge in [0.25, 0.3) is 6.43 Å². The lowest BCUT2D eigenvalue weighted by atomic mass is 10.3. The third-order valence-corrected chi connectivity index (χ3v) is 3.42. The van der Waals surface area contributed by atoms with E-state index in [0.717, 1.165) is 6.20 Å². The van der Waals surface area contributed by atoms with Crippen molar-refractivity contribution in [2.24, 2.45) is 5.14 Å². The summed E-state index contributed by atoms with van der Waals surface area (Å²) in [6.45, 7) is 0. The van der Waals surface area contributed by atoms with Crippen molar-refractivity contribution >= 4 is 31.6 Å². The van der Waals surface area contributed by atoms with Gasteiger partial charge in [0.1, 0.15) is 10.6 Å². The van der Waals surface area contributed by atoms with Crippen LogP contribution in [0.15, 0.2) is 15.6 Å². The van der Waals surface area contributed by atoms with Crippen molar-refractivity contribution in [3.05, 3.63) is 16.4 Å². The van der Waals surface area contributed by atoms with Gasteiger partial charge >= 0.3 is 0 Å². The summed E-state index contributed by atoms with van der Waals surface area (Å²) in [6, 6.07) is 0. The molecule has 9 heteroatoms.